The Bertz CT molecular complexity index is 911. The van der Waals surface area contributed by atoms with E-state index in [4.69, 9.17) is 0 Å². The third-order valence-corrected chi connectivity index (χ3v) is 6.49. The van der Waals surface area contributed by atoms with Gasteiger partial charge in [0.25, 0.3) is 0 Å². The summed E-state index contributed by atoms with van der Waals surface area (Å²) in [6.45, 7) is 3.38. The number of rotatable bonds is 10. The second kappa shape index (κ2) is 11.5. The van der Waals surface area contributed by atoms with Crippen molar-refractivity contribution in [3.63, 3.8) is 0 Å². The molecular formula is C29H28N2Se. The van der Waals surface area contributed by atoms with Crippen LogP contribution in [0.15, 0.2) is 121 Å². The SMILES string of the molecule is [Se]=C(N(Cc1ccccc1)Cc1ccccc1)N(Cc1ccccc1)Cc1ccccc1. The molecule has 160 valence electrons. The molecule has 32 heavy (non-hydrogen) atoms. The number of hydrogen-bond donors (Lipinski definition) is 0. The molecule has 0 N–H and O–H groups in total. The molecule has 0 spiro atoms. The van der Waals surface area contributed by atoms with Crippen LogP contribution in [0.4, 0.5) is 0 Å². The summed E-state index contributed by atoms with van der Waals surface area (Å²) < 4.78 is 1.16. The fourth-order valence-corrected chi connectivity index (χ4v) is 4.34. The van der Waals surface area contributed by atoms with Crippen molar-refractivity contribution in [2.45, 2.75) is 26.2 Å². The molecule has 3 heteroatoms. The molecule has 0 radical (unpaired) electrons. The van der Waals surface area contributed by atoms with Gasteiger partial charge in [-0.3, -0.25) is 0 Å². The molecule has 0 aliphatic heterocycles. The van der Waals surface area contributed by atoms with Gasteiger partial charge in [0.2, 0.25) is 0 Å². The van der Waals surface area contributed by atoms with Gasteiger partial charge in [0.15, 0.2) is 0 Å². The summed E-state index contributed by atoms with van der Waals surface area (Å²) in [6.07, 6.45) is 0. The summed E-state index contributed by atoms with van der Waals surface area (Å²) in [7, 11) is 0. The van der Waals surface area contributed by atoms with Crippen LogP contribution < -0.4 is 0 Å². The van der Waals surface area contributed by atoms with E-state index in [-0.39, 0.29) is 0 Å². The molecule has 0 saturated heterocycles. The van der Waals surface area contributed by atoms with Crippen LogP contribution in [0.3, 0.4) is 0 Å². The average molecular weight is 484 g/mol. The fourth-order valence-electron chi connectivity index (χ4n) is 3.80. The molecular weight excluding hydrogens is 455 g/mol. The maximum atomic E-state index is 3.43. The van der Waals surface area contributed by atoms with Gasteiger partial charge in [-0.2, -0.15) is 0 Å². The zero-order valence-corrected chi connectivity index (χ0v) is 19.9. The molecule has 0 aliphatic rings. The van der Waals surface area contributed by atoms with E-state index in [1.54, 1.807) is 0 Å². The Labute approximate surface area is 199 Å². The van der Waals surface area contributed by atoms with Gasteiger partial charge in [-0.25, -0.2) is 0 Å². The van der Waals surface area contributed by atoms with Gasteiger partial charge < -0.3 is 0 Å². The Morgan fingerprint density at radius 3 is 0.844 bits per heavy atom. The number of hydrogen-bond acceptors (Lipinski definition) is 2. The van der Waals surface area contributed by atoms with Crippen molar-refractivity contribution < 1.29 is 0 Å². The summed E-state index contributed by atoms with van der Waals surface area (Å²) in [4.78, 5) is 4.88. The van der Waals surface area contributed by atoms with Gasteiger partial charge in [-0.05, 0) is 0 Å². The molecule has 0 atom stereocenters. The second-order valence-corrected chi connectivity index (χ2v) is 8.70. The Morgan fingerprint density at radius 2 is 0.625 bits per heavy atom. The minimum absolute atomic E-state index is 0.845. The summed E-state index contributed by atoms with van der Waals surface area (Å²) >= 11 is 3.43. The van der Waals surface area contributed by atoms with E-state index >= 15 is 0 Å². The molecule has 4 rings (SSSR count). The Hall–Kier alpha value is -3.13. The van der Waals surface area contributed by atoms with Crippen molar-refractivity contribution in [1.82, 2.24) is 9.80 Å². The van der Waals surface area contributed by atoms with Crippen molar-refractivity contribution in [2.24, 2.45) is 0 Å². The Morgan fingerprint density at radius 1 is 0.406 bits per heavy atom. The predicted molar refractivity (Wildman–Crippen MR) is 135 cm³/mol. The van der Waals surface area contributed by atoms with Crippen molar-refractivity contribution >= 4 is 20.2 Å². The van der Waals surface area contributed by atoms with Gasteiger partial charge in [-0.1, -0.05) is 0 Å². The average Bonchev–Trinajstić information content (AvgIpc) is 2.85. The van der Waals surface area contributed by atoms with Crippen LogP contribution in [0.5, 0.6) is 0 Å². The molecule has 2 nitrogen and oxygen atoms in total. The Balaban J connectivity index is 1.62. The van der Waals surface area contributed by atoms with E-state index in [0.29, 0.717) is 0 Å². The first-order valence-corrected chi connectivity index (χ1v) is 11.8. The van der Waals surface area contributed by atoms with Gasteiger partial charge >= 0.3 is 200 Å². The van der Waals surface area contributed by atoms with Gasteiger partial charge in [0, 0.05) is 0 Å². The fraction of sp³-hybridized carbons (Fsp3) is 0.138. The molecule has 4 aromatic rings. The number of nitrogens with zero attached hydrogens (tertiary/aromatic N) is 2. The minimum atomic E-state index is 0.845. The van der Waals surface area contributed by atoms with Crippen LogP contribution in [0.25, 0.3) is 0 Å². The first-order valence-electron chi connectivity index (χ1n) is 11.0. The molecule has 0 saturated carbocycles. The molecule has 0 bridgehead atoms. The molecule has 0 fully saturated rings. The predicted octanol–water partition coefficient (Wildman–Crippen LogP) is 5.65. The van der Waals surface area contributed by atoms with E-state index in [1.165, 1.54) is 22.3 Å². The quantitative estimate of drug-likeness (QED) is 0.269. The van der Waals surface area contributed by atoms with Crippen molar-refractivity contribution in [1.29, 1.82) is 0 Å². The third kappa shape index (κ3) is 6.43. The third-order valence-electron chi connectivity index (χ3n) is 5.41. The van der Waals surface area contributed by atoms with Crippen LogP contribution in [-0.2, 0) is 26.2 Å². The first-order chi connectivity index (χ1) is 15.8. The first kappa shape index (κ1) is 22.1. The van der Waals surface area contributed by atoms with Crippen LogP contribution >= 0.6 is 0 Å². The van der Waals surface area contributed by atoms with E-state index in [1.807, 2.05) is 0 Å². The monoisotopic (exact) mass is 484 g/mol. The van der Waals surface area contributed by atoms with E-state index in [0.717, 1.165) is 30.8 Å². The molecule has 0 heterocycles. The molecule has 4 aromatic carbocycles. The summed E-state index contributed by atoms with van der Waals surface area (Å²) in [6, 6.07) is 42.8. The maximum absolute atomic E-state index is 3.43. The topological polar surface area (TPSA) is 6.48 Å². The van der Waals surface area contributed by atoms with E-state index in [2.05, 4.69) is 147 Å². The van der Waals surface area contributed by atoms with E-state index < -0.39 is 0 Å². The summed E-state index contributed by atoms with van der Waals surface area (Å²) in [5, 5.41) is 0. The number of benzene rings is 4. The van der Waals surface area contributed by atoms with Gasteiger partial charge in [0.05, 0.1) is 0 Å². The Kier molecular flexibility index (Phi) is 7.92. The van der Waals surface area contributed by atoms with Crippen LogP contribution in [0.2, 0.25) is 0 Å². The zero-order valence-electron chi connectivity index (χ0n) is 18.2. The standard InChI is InChI=1S/C29H28N2Se/c32-29(30(21-25-13-5-1-6-14-25)22-26-15-7-2-8-16-26)31(23-27-17-9-3-10-18-27)24-28-19-11-4-12-20-28/h1-20H,21-24H2. The van der Waals surface area contributed by atoms with E-state index in [9.17, 15) is 0 Å². The normalized spacial score (nSPS) is 10.5. The molecule has 0 aromatic heterocycles. The van der Waals surface area contributed by atoms with Crippen molar-refractivity contribution in [2.75, 3.05) is 0 Å². The van der Waals surface area contributed by atoms with Crippen molar-refractivity contribution in [3.8, 4) is 0 Å². The van der Waals surface area contributed by atoms with Crippen molar-refractivity contribution in [3.05, 3.63) is 144 Å². The van der Waals surface area contributed by atoms with Crippen LogP contribution in [0.1, 0.15) is 22.3 Å². The van der Waals surface area contributed by atoms with Gasteiger partial charge in [0.1, 0.15) is 0 Å². The molecule has 0 aliphatic carbocycles. The second-order valence-electron chi connectivity index (χ2n) is 7.94. The summed E-state index contributed by atoms with van der Waals surface area (Å²) in [5.41, 5.74) is 5.21. The molecule has 0 unspecified atom stereocenters. The van der Waals surface area contributed by atoms with Gasteiger partial charge in [-0.15, -0.1) is 0 Å². The zero-order chi connectivity index (χ0) is 22.0. The van der Waals surface area contributed by atoms with Crippen LogP contribution in [-0.4, -0.2) is 30.0 Å². The summed E-state index contributed by atoms with van der Waals surface area (Å²) in [5.74, 6) is 0. The van der Waals surface area contributed by atoms with Crippen LogP contribution in [0, 0.1) is 0 Å². The molecule has 0 amide bonds.